The van der Waals surface area contributed by atoms with E-state index in [1.165, 1.54) is 0 Å². The Morgan fingerprint density at radius 3 is 2.31 bits per heavy atom. The van der Waals surface area contributed by atoms with Crippen LogP contribution in [0.1, 0.15) is 33.5 Å². The molecule has 0 unspecified atom stereocenters. The molecule has 0 saturated heterocycles. The summed E-state index contributed by atoms with van der Waals surface area (Å²) in [6, 6.07) is 4.04. The summed E-state index contributed by atoms with van der Waals surface area (Å²) in [6.07, 6.45) is 1.50. The first kappa shape index (κ1) is 11.3. The van der Waals surface area contributed by atoms with Crippen LogP contribution in [0.3, 0.4) is 0 Å². The monoisotopic (exact) mass is 220 g/mol. The number of aryl methyl sites for hydroxylation is 1. The first-order valence-electron chi connectivity index (χ1n) is 5.42. The van der Waals surface area contributed by atoms with Gasteiger partial charge < -0.3 is 9.47 Å². The Labute approximate surface area is 95.4 Å². The zero-order chi connectivity index (χ0) is 11.5. The first-order valence-corrected chi connectivity index (χ1v) is 5.42. The summed E-state index contributed by atoms with van der Waals surface area (Å²) in [6.45, 7) is 1.10. The van der Waals surface area contributed by atoms with Crippen LogP contribution in [0, 0.1) is 0 Å². The molecular formula is C13H16O3. The maximum atomic E-state index is 11.6. The van der Waals surface area contributed by atoms with Crippen molar-refractivity contribution in [3.63, 3.8) is 0 Å². The molecule has 0 spiro atoms. The van der Waals surface area contributed by atoms with Gasteiger partial charge in [0, 0.05) is 26.2 Å². The van der Waals surface area contributed by atoms with Crippen molar-refractivity contribution in [1.29, 1.82) is 0 Å². The maximum Gasteiger partial charge on any atom is 0.163 e. The molecule has 0 bridgehead atoms. The molecule has 0 fully saturated rings. The molecule has 0 amide bonds. The van der Waals surface area contributed by atoms with Crippen LogP contribution in [-0.4, -0.2) is 20.0 Å². The van der Waals surface area contributed by atoms with Crippen LogP contribution in [-0.2, 0) is 29.1 Å². The smallest absolute Gasteiger partial charge is 0.163 e. The number of Topliss-reactive ketones (excluding diaryl/α,β-unsaturated/α-hetero) is 1. The second kappa shape index (κ2) is 4.76. The van der Waals surface area contributed by atoms with E-state index >= 15 is 0 Å². The third kappa shape index (κ3) is 2.01. The molecule has 0 radical (unpaired) electrons. The predicted octanol–water partition coefficient (Wildman–Crippen LogP) is 2.11. The molecule has 1 aliphatic carbocycles. The minimum absolute atomic E-state index is 0.247. The predicted molar refractivity (Wildman–Crippen MR) is 60.5 cm³/mol. The Bertz CT molecular complexity index is 410. The SMILES string of the molecule is COCc1cc2c(cc1COC)C(=O)CC2. The van der Waals surface area contributed by atoms with E-state index in [1.54, 1.807) is 14.2 Å². The summed E-state index contributed by atoms with van der Waals surface area (Å²) >= 11 is 0. The summed E-state index contributed by atoms with van der Waals surface area (Å²) < 4.78 is 10.3. The molecule has 0 N–H and O–H groups in total. The first-order chi connectivity index (χ1) is 7.76. The van der Waals surface area contributed by atoms with Crippen LogP contribution in [0.15, 0.2) is 12.1 Å². The Morgan fingerprint density at radius 2 is 1.69 bits per heavy atom. The number of benzene rings is 1. The van der Waals surface area contributed by atoms with Gasteiger partial charge in [-0.05, 0) is 29.2 Å². The quantitative estimate of drug-likeness (QED) is 0.779. The van der Waals surface area contributed by atoms with Gasteiger partial charge in [0.1, 0.15) is 0 Å². The van der Waals surface area contributed by atoms with Crippen LogP contribution in [0.25, 0.3) is 0 Å². The van der Waals surface area contributed by atoms with Crippen LogP contribution >= 0.6 is 0 Å². The number of fused-ring (bicyclic) bond motifs is 1. The molecule has 86 valence electrons. The topological polar surface area (TPSA) is 35.5 Å². The summed E-state index contributed by atoms with van der Waals surface area (Å²) in [5.41, 5.74) is 4.19. The van der Waals surface area contributed by atoms with E-state index in [2.05, 4.69) is 6.07 Å². The molecular weight excluding hydrogens is 204 g/mol. The molecule has 0 heterocycles. The largest absolute Gasteiger partial charge is 0.380 e. The van der Waals surface area contributed by atoms with E-state index < -0.39 is 0 Å². The van der Waals surface area contributed by atoms with E-state index in [0.717, 1.165) is 28.7 Å². The highest BCUT2D eigenvalue weighted by Gasteiger charge is 2.21. The van der Waals surface area contributed by atoms with Gasteiger partial charge in [-0.1, -0.05) is 6.07 Å². The molecule has 2 rings (SSSR count). The van der Waals surface area contributed by atoms with Crippen molar-refractivity contribution in [1.82, 2.24) is 0 Å². The number of ketones is 1. The summed E-state index contributed by atoms with van der Waals surface area (Å²) in [5.74, 6) is 0.247. The normalized spacial score (nSPS) is 14.2. The van der Waals surface area contributed by atoms with Gasteiger partial charge >= 0.3 is 0 Å². The second-order valence-electron chi connectivity index (χ2n) is 4.07. The van der Waals surface area contributed by atoms with Crippen molar-refractivity contribution in [3.05, 3.63) is 34.4 Å². The number of ether oxygens (including phenoxy) is 2. The number of rotatable bonds is 4. The van der Waals surface area contributed by atoms with Crippen LogP contribution in [0.4, 0.5) is 0 Å². The van der Waals surface area contributed by atoms with Gasteiger partial charge in [-0.3, -0.25) is 4.79 Å². The number of hydrogen-bond acceptors (Lipinski definition) is 3. The highest BCUT2D eigenvalue weighted by atomic mass is 16.5. The fourth-order valence-corrected chi connectivity index (χ4v) is 2.17. The minimum atomic E-state index is 0.247. The van der Waals surface area contributed by atoms with Crippen molar-refractivity contribution < 1.29 is 14.3 Å². The molecule has 0 atom stereocenters. The Morgan fingerprint density at radius 1 is 1.06 bits per heavy atom. The van der Waals surface area contributed by atoms with Crippen molar-refractivity contribution in [2.75, 3.05) is 14.2 Å². The van der Waals surface area contributed by atoms with E-state index in [-0.39, 0.29) is 5.78 Å². The molecule has 1 aliphatic rings. The van der Waals surface area contributed by atoms with E-state index in [0.29, 0.717) is 19.6 Å². The molecule has 3 heteroatoms. The van der Waals surface area contributed by atoms with Crippen LogP contribution in [0.5, 0.6) is 0 Å². The summed E-state index contributed by atoms with van der Waals surface area (Å²) in [4.78, 5) is 11.6. The average molecular weight is 220 g/mol. The van der Waals surface area contributed by atoms with Gasteiger partial charge in [0.2, 0.25) is 0 Å². The molecule has 0 saturated carbocycles. The molecule has 16 heavy (non-hydrogen) atoms. The van der Waals surface area contributed by atoms with Gasteiger partial charge in [-0.15, -0.1) is 0 Å². The lowest BCUT2D eigenvalue weighted by Gasteiger charge is -2.10. The molecule has 0 aromatic heterocycles. The number of carbonyl (C=O) groups is 1. The second-order valence-corrected chi connectivity index (χ2v) is 4.07. The lowest BCUT2D eigenvalue weighted by molar-refractivity contribution is 0.0994. The standard InChI is InChI=1S/C13H16O3/c1-15-7-10-5-9-3-4-13(14)12(9)6-11(10)8-16-2/h5-6H,3-4,7-8H2,1-2H3. The number of carbonyl (C=O) groups excluding carboxylic acids is 1. The molecule has 3 nitrogen and oxygen atoms in total. The lowest BCUT2D eigenvalue weighted by Crippen LogP contribution is -2.02. The van der Waals surface area contributed by atoms with Crippen molar-refractivity contribution >= 4 is 5.78 Å². The highest BCUT2D eigenvalue weighted by Crippen LogP contribution is 2.26. The van der Waals surface area contributed by atoms with E-state index in [1.807, 2.05) is 6.07 Å². The Kier molecular flexibility index (Phi) is 3.36. The molecule has 0 aliphatic heterocycles. The van der Waals surface area contributed by atoms with Gasteiger partial charge in [-0.25, -0.2) is 0 Å². The highest BCUT2D eigenvalue weighted by molar-refractivity contribution is 6.00. The van der Waals surface area contributed by atoms with Gasteiger partial charge in [0.25, 0.3) is 0 Å². The van der Waals surface area contributed by atoms with E-state index in [9.17, 15) is 4.79 Å². The molecule has 1 aromatic carbocycles. The number of methoxy groups -OCH3 is 2. The zero-order valence-electron chi connectivity index (χ0n) is 9.71. The van der Waals surface area contributed by atoms with E-state index in [4.69, 9.17) is 9.47 Å². The molecule has 1 aromatic rings. The Hall–Kier alpha value is -1.19. The third-order valence-electron chi connectivity index (χ3n) is 2.95. The Balaban J connectivity index is 2.41. The zero-order valence-corrected chi connectivity index (χ0v) is 9.71. The van der Waals surface area contributed by atoms with Crippen LogP contribution < -0.4 is 0 Å². The number of hydrogen-bond donors (Lipinski definition) is 0. The van der Waals surface area contributed by atoms with Gasteiger partial charge in [0.15, 0.2) is 5.78 Å². The maximum absolute atomic E-state index is 11.6. The fraction of sp³-hybridized carbons (Fsp3) is 0.462. The average Bonchev–Trinajstić information content (AvgIpc) is 2.62. The minimum Gasteiger partial charge on any atom is -0.380 e. The summed E-state index contributed by atoms with van der Waals surface area (Å²) in [5, 5.41) is 0. The van der Waals surface area contributed by atoms with Gasteiger partial charge in [0.05, 0.1) is 13.2 Å². The van der Waals surface area contributed by atoms with Crippen molar-refractivity contribution in [3.8, 4) is 0 Å². The van der Waals surface area contributed by atoms with Crippen molar-refractivity contribution in [2.24, 2.45) is 0 Å². The lowest BCUT2D eigenvalue weighted by atomic mass is 10.0. The third-order valence-corrected chi connectivity index (χ3v) is 2.95. The van der Waals surface area contributed by atoms with Gasteiger partial charge in [-0.2, -0.15) is 0 Å². The summed E-state index contributed by atoms with van der Waals surface area (Å²) in [7, 11) is 3.33. The fourth-order valence-electron chi connectivity index (χ4n) is 2.17. The van der Waals surface area contributed by atoms with Crippen LogP contribution in [0.2, 0.25) is 0 Å². The van der Waals surface area contributed by atoms with Crippen molar-refractivity contribution in [2.45, 2.75) is 26.1 Å².